The van der Waals surface area contributed by atoms with Crippen LogP contribution in [0.15, 0.2) is 78.0 Å². The second-order valence-electron chi connectivity index (χ2n) is 11.7. The first-order valence-electron chi connectivity index (χ1n) is 14.7. The number of rotatable bonds is 6. The number of ketones is 1. The van der Waals surface area contributed by atoms with Gasteiger partial charge in [0.2, 0.25) is 0 Å². The van der Waals surface area contributed by atoms with Crippen molar-refractivity contribution in [2.24, 2.45) is 10.9 Å². The summed E-state index contributed by atoms with van der Waals surface area (Å²) in [5.41, 5.74) is 11.0. The topological polar surface area (TPSA) is 79.3 Å². The van der Waals surface area contributed by atoms with Crippen molar-refractivity contribution in [3.63, 3.8) is 0 Å². The number of aliphatic imine (C=N–C) groups is 1. The Kier molecular flexibility index (Phi) is 7.78. The van der Waals surface area contributed by atoms with Crippen molar-refractivity contribution in [3.05, 3.63) is 94.5 Å². The number of benzene rings is 1. The first-order chi connectivity index (χ1) is 20.3. The standard InChI is InChI=1S/C35H37N5OS/c1-20(2)39-26-13-25(16-36-17-26)24-9-10-27-22(4)21(3)15-38-35(29(27)14-24)31-8-6-7-28-30(18-37-19-32(28)40-31)34-12-11-33(42-34)23(5)41/h8-14,16-22,39-40H,6-7,15H2,1-5H3. The third-order valence-corrected chi connectivity index (χ3v) is 9.48. The van der Waals surface area contributed by atoms with E-state index in [4.69, 9.17) is 4.99 Å². The molecule has 0 bridgehead atoms. The summed E-state index contributed by atoms with van der Waals surface area (Å²) in [5, 5.41) is 7.21. The number of nitrogens with one attached hydrogen (secondary N) is 2. The summed E-state index contributed by atoms with van der Waals surface area (Å²) >= 11 is 1.53. The van der Waals surface area contributed by atoms with Gasteiger partial charge < -0.3 is 10.6 Å². The lowest BCUT2D eigenvalue weighted by molar-refractivity contribution is 0.102. The molecule has 5 heterocycles. The van der Waals surface area contributed by atoms with Gasteiger partial charge in [0.1, 0.15) is 0 Å². The van der Waals surface area contributed by atoms with Gasteiger partial charge in [-0.3, -0.25) is 19.8 Å². The number of Topliss-reactive ketones (excluding diaryl/α,β-unsaturated/α-hetero) is 1. The smallest absolute Gasteiger partial charge is 0.169 e. The van der Waals surface area contributed by atoms with E-state index >= 15 is 0 Å². The molecule has 2 aliphatic heterocycles. The molecule has 2 N–H and O–H groups in total. The van der Waals surface area contributed by atoms with Crippen LogP contribution in [0.1, 0.15) is 73.3 Å². The minimum atomic E-state index is 0.0925. The van der Waals surface area contributed by atoms with Crippen molar-refractivity contribution in [1.29, 1.82) is 0 Å². The minimum absolute atomic E-state index is 0.0925. The van der Waals surface area contributed by atoms with Gasteiger partial charge >= 0.3 is 0 Å². The largest absolute Gasteiger partial charge is 0.382 e. The van der Waals surface area contributed by atoms with Crippen LogP contribution in [0.2, 0.25) is 0 Å². The Bertz CT molecular complexity index is 1720. The highest BCUT2D eigenvalue weighted by atomic mass is 32.1. The lowest BCUT2D eigenvalue weighted by Crippen LogP contribution is -2.15. The van der Waals surface area contributed by atoms with Crippen molar-refractivity contribution in [2.45, 2.75) is 59.4 Å². The summed E-state index contributed by atoms with van der Waals surface area (Å²) in [6, 6.07) is 13.2. The number of allylic oxidation sites excluding steroid dienone is 2. The van der Waals surface area contributed by atoms with Gasteiger partial charge in [-0.15, -0.1) is 11.3 Å². The predicted octanol–water partition coefficient (Wildman–Crippen LogP) is 8.38. The number of fused-ring (bicyclic) bond motifs is 2. The normalized spacial score (nSPS) is 18.1. The molecule has 7 heteroatoms. The minimum Gasteiger partial charge on any atom is -0.382 e. The zero-order chi connectivity index (χ0) is 29.4. The number of hydrogen-bond acceptors (Lipinski definition) is 7. The van der Waals surface area contributed by atoms with Crippen LogP contribution in [0.5, 0.6) is 0 Å². The second kappa shape index (κ2) is 11.6. The molecule has 2 aliphatic rings. The summed E-state index contributed by atoms with van der Waals surface area (Å²) in [6.07, 6.45) is 11.7. The maximum absolute atomic E-state index is 12.0. The molecule has 4 aromatic rings. The van der Waals surface area contributed by atoms with E-state index in [0.717, 1.165) is 68.6 Å². The fraction of sp³-hybridized carbons (Fsp3) is 0.314. The van der Waals surface area contributed by atoms with Gasteiger partial charge in [0.25, 0.3) is 0 Å². The van der Waals surface area contributed by atoms with Crippen LogP contribution in [0.25, 0.3) is 21.6 Å². The van der Waals surface area contributed by atoms with E-state index in [2.05, 4.69) is 78.6 Å². The van der Waals surface area contributed by atoms with Gasteiger partial charge in [-0.05, 0) is 86.4 Å². The van der Waals surface area contributed by atoms with Crippen LogP contribution in [-0.4, -0.2) is 34.0 Å². The fourth-order valence-electron chi connectivity index (χ4n) is 5.82. The highest BCUT2D eigenvalue weighted by Crippen LogP contribution is 2.39. The average Bonchev–Trinajstić information content (AvgIpc) is 3.32. The molecule has 42 heavy (non-hydrogen) atoms. The van der Waals surface area contributed by atoms with Crippen molar-refractivity contribution >= 4 is 34.2 Å². The van der Waals surface area contributed by atoms with Gasteiger partial charge in [-0.2, -0.15) is 0 Å². The van der Waals surface area contributed by atoms with Gasteiger partial charge in [0.15, 0.2) is 5.78 Å². The Morgan fingerprint density at radius 3 is 2.62 bits per heavy atom. The molecule has 6 nitrogen and oxygen atoms in total. The monoisotopic (exact) mass is 575 g/mol. The predicted molar refractivity (Wildman–Crippen MR) is 175 cm³/mol. The van der Waals surface area contributed by atoms with E-state index in [1.165, 1.54) is 28.0 Å². The zero-order valence-electron chi connectivity index (χ0n) is 24.9. The Balaban J connectivity index is 1.39. The quantitative estimate of drug-likeness (QED) is 0.226. The van der Waals surface area contributed by atoms with Crippen LogP contribution in [0.4, 0.5) is 11.4 Å². The number of thiophene rings is 1. The highest BCUT2D eigenvalue weighted by molar-refractivity contribution is 7.17. The molecule has 0 saturated heterocycles. The number of anilines is 2. The molecule has 2 atom stereocenters. The highest BCUT2D eigenvalue weighted by Gasteiger charge is 2.27. The van der Waals surface area contributed by atoms with Crippen LogP contribution in [0, 0.1) is 5.92 Å². The molecule has 214 valence electrons. The van der Waals surface area contributed by atoms with Gasteiger partial charge in [0.05, 0.1) is 33.9 Å². The van der Waals surface area contributed by atoms with E-state index in [0.29, 0.717) is 17.9 Å². The van der Waals surface area contributed by atoms with Crippen molar-refractivity contribution < 1.29 is 4.79 Å². The number of pyridine rings is 2. The molecule has 0 saturated carbocycles. The van der Waals surface area contributed by atoms with Crippen LogP contribution < -0.4 is 10.6 Å². The lowest BCUT2D eigenvalue weighted by atomic mass is 9.84. The zero-order valence-corrected chi connectivity index (χ0v) is 25.7. The SMILES string of the molecule is CC(=O)c1ccc(-c2cncc3c2CCC=C(C2=NCC(C)C(C)c4ccc(-c5cncc(NC(C)C)c5)cc42)N3)s1. The summed E-state index contributed by atoms with van der Waals surface area (Å²) in [5.74, 6) is 0.895. The number of carbonyl (C=O) groups excluding carboxylic acids is 1. The van der Waals surface area contributed by atoms with E-state index in [1.54, 1.807) is 6.92 Å². The molecular formula is C35H37N5OS. The Morgan fingerprint density at radius 2 is 1.83 bits per heavy atom. The number of nitrogens with zero attached hydrogens (tertiary/aromatic N) is 3. The number of carbonyl (C=O) groups is 1. The van der Waals surface area contributed by atoms with Gasteiger partial charge in [0, 0.05) is 52.7 Å². The average molecular weight is 576 g/mol. The van der Waals surface area contributed by atoms with Crippen molar-refractivity contribution in [1.82, 2.24) is 9.97 Å². The molecule has 0 amide bonds. The maximum Gasteiger partial charge on any atom is 0.169 e. The van der Waals surface area contributed by atoms with Crippen molar-refractivity contribution in [3.8, 4) is 21.6 Å². The molecule has 3 aromatic heterocycles. The molecule has 6 rings (SSSR count). The van der Waals surface area contributed by atoms with Crippen LogP contribution in [0.3, 0.4) is 0 Å². The summed E-state index contributed by atoms with van der Waals surface area (Å²) < 4.78 is 0. The summed E-state index contributed by atoms with van der Waals surface area (Å²) in [4.78, 5) is 28.1. The molecular weight excluding hydrogens is 538 g/mol. The molecule has 1 aromatic carbocycles. The molecule has 2 unspecified atom stereocenters. The fourth-order valence-corrected chi connectivity index (χ4v) is 6.76. The maximum atomic E-state index is 12.0. The molecule has 0 fully saturated rings. The molecule has 0 aliphatic carbocycles. The van der Waals surface area contributed by atoms with Crippen LogP contribution >= 0.6 is 11.3 Å². The third-order valence-electron chi connectivity index (χ3n) is 8.26. The van der Waals surface area contributed by atoms with Crippen LogP contribution in [-0.2, 0) is 6.42 Å². The van der Waals surface area contributed by atoms with E-state index in [9.17, 15) is 4.79 Å². The first-order valence-corrected chi connectivity index (χ1v) is 15.6. The Labute approximate surface area is 252 Å². The number of aromatic nitrogens is 2. The van der Waals surface area contributed by atoms with Gasteiger partial charge in [-0.25, -0.2) is 0 Å². The third kappa shape index (κ3) is 5.53. The number of hydrogen-bond donors (Lipinski definition) is 2. The molecule has 0 spiro atoms. The Morgan fingerprint density at radius 1 is 1.00 bits per heavy atom. The van der Waals surface area contributed by atoms with Gasteiger partial charge in [-0.1, -0.05) is 32.1 Å². The summed E-state index contributed by atoms with van der Waals surface area (Å²) in [6.45, 7) is 11.3. The summed E-state index contributed by atoms with van der Waals surface area (Å²) in [7, 11) is 0. The lowest BCUT2D eigenvalue weighted by Gasteiger charge is -2.21. The Hall–Kier alpha value is -4.10. The molecule has 0 radical (unpaired) electrons. The second-order valence-corrected chi connectivity index (χ2v) is 12.8. The van der Waals surface area contributed by atoms with Crippen molar-refractivity contribution in [2.75, 3.05) is 17.2 Å². The first kappa shape index (κ1) is 28.0. The van der Waals surface area contributed by atoms with E-state index < -0.39 is 0 Å². The van der Waals surface area contributed by atoms with E-state index in [1.807, 2.05) is 36.9 Å². The van der Waals surface area contributed by atoms with E-state index in [-0.39, 0.29) is 5.78 Å².